The van der Waals surface area contributed by atoms with Crippen LogP contribution in [0, 0.1) is 0 Å². The molecule has 4 nitrogen and oxygen atoms in total. The number of nitrogens with two attached hydrogens (primary N) is 1. The van der Waals surface area contributed by atoms with Gasteiger partial charge >= 0.3 is 0 Å². The van der Waals surface area contributed by atoms with E-state index >= 15 is 0 Å². The van der Waals surface area contributed by atoms with Gasteiger partial charge in [0.2, 0.25) is 0 Å². The second-order valence-electron chi connectivity index (χ2n) is 5.17. The van der Waals surface area contributed by atoms with E-state index in [-0.39, 0.29) is 11.8 Å². The second kappa shape index (κ2) is 6.77. The van der Waals surface area contributed by atoms with Gasteiger partial charge in [-0.2, -0.15) is 11.8 Å². The van der Waals surface area contributed by atoms with Crippen LogP contribution in [0.5, 0.6) is 0 Å². The number of rotatable bonds is 4. The minimum atomic E-state index is -3.14. The molecule has 2 rings (SSSR count). The Kier molecular flexibility index (Phi) is 5.46. The van der Waals surface area contributed by atoms with Crippen LogP contribution >= 0.6 is 23.4 Å². The molecule has 2 atom stereocenters. The molecule has 2 N–H and O–H groups in total. The number of hydrogen-bond acceptors (Lipinski definition) is 5. The van der Waals surface area contributed by atoms with Gasteiger partial charge in [0, 0.05) is 29.8 Å². The highest BCUT2D eigenvalue weighted by Crippen LogP contribution is 2.34. The summed E-state index contributed by atoms with van der Waals surface area (Å²) in [5.74, 6) is 1.63. The van der Waals surface area contributed by atoms with Gasteiger partial charge in [-0.1, -0.05) is 24.6 Å². The maximum atomic E-state index is 12.3. The van der Waals surface area contributed by atoms with Gasteiger partial charge in [-0.15, -0.1) is 0 Å². The molecular weight excluding hydrogens is 328 g/mol. The molecule has 2 unspecified atom stereocenters. The summed E-state index contributed by atoms with van der Waals surface area (Å²) in [6.45, 7) is 4.27. The van der Waals surface area contributed by atoms with E-state index in [9.17, 15) is 8.42 Å². The van der Waals surface area contributed by atoms with Gasteiger partial charge in [-0.05, 0) is 24.6 Å². The standard InChI is InChI=1S/C14H21ClN2O2S2/c1-3-21(18,19)14-9-20-7-6-17(14)13-5-4-11(10(2)16)8-12(13)15/h4-5,8,10,14H,3,6-7,9,16H2,1-2H3. The number of sulfone groups is 1. The number of halogens is 1. The summed E-state index contributed by atoms with van der Waals surface area (Å²) >= 11 is 8.04. The topological polar surface area (TPSA) is 63.4 Å². The van der Waals surface area contributed by atoms with Crippen molar-refractivity contribution in [2.45, 2.75) is 25.3 Å². The largest absolute Gasteiger partial charge is 0.352 e. The Balaban J connectivity index is 2.38. The van der Waals surface area contributed by atoms with Crippen molar-refractivity contribution >= 4 is 38.9 Å². The first-order valence-electron chi connectivity index (χ1n) is 6.97. The van der Waals surface area contributed by atoms with Gasteiger partial charge in [0.05, 0.1) is 10.7 Å². The summed E-state index contributed by atoms with van der Waals surface area (Å²) in [6, 6.07) is 5.54. The number of benzene rings is 1. The Bertz CT molecular complexity index is 605. The molecule has 0 amide bonds. The van der Waals surface area contributed by atoms with Crippen LogP contribution in [-0.2, 0) is 9.84 Å². The molecule has 1 saturated heterocycles. The minimum Gasteiger partial charge on any atom is -0.352 e. The van der Waals surface area contributed by atoms with Crippen molar-refractivity contribution in [3.05, 3.63) is 28.8 Å². The molecule has 0 aromatic heterocycles. The molecule has 1 heterocycles. The summed E-state index contributed by atoms with van der Waals surface area (Å²) in [6.07, 6.45) is 0. The van der Waals surface area contributed by atoms with E-state index in [1.165, 1.54) is 0 Å². The lowest BCUT2D eigenvalue weighted by atomic mass is 10.1. The van der Waals surface area contributed by atoms with Crippen molar-refractivity contribution in [1.82, 2.24) is 0 Å². The van der Waals surface area contributed by atoms with Crippen LogP contribution in [0.3, 0.4) is 0 Å². The average molecular weight is 349 g/mol. The van der Waals surface area contributed by atoms with Crippen LogP contribution < -0.4 is 10.6 Å². The maximum absolute atomic E-state index is 12.3. The molecule has 0 bridgehead atoms. The second-order valence-corrected chi connectivity index (χ2v) is 9.18. The Hall–Kier alpha value is -0.430. The van der Waals surface area contributed by atoms with Gasteiger partial charge < -0.3 is 10.6 Å². The van der Waals surface area contributed by atoms with Crippen LogP contribution in [0.4, 0.5) is 5.69 Å². The number of hydrogen-bond donors (Lipinski definition) is 1. The van der Waals surface area contributed by atoms with E-state index in [2.05, 4.69) is 0 Å². The third-order valence-corrected chi connectivity index (χ3v) is 7.30. The van der Waals surface area contributed by atoms with Crippen LogP contribution in [0.15, 0.2) is 18.2 Å². The Labute approximate surface area is 135 Å². The molecule has 1 fully saturated rings. The predicted octanol–water partition coefficient (Wildman–Crippen LogP) is 2.67. The molecule has 118 valence electrons. The van der Waals surface area contributed by atoms with E-state index in [4.69, 9.17) is 17.3 Å². The SMILES string of the molecule is CCS(=O)(=O)C1CSCCN1c1ccc(C(C)N)cc1Cl. The highest BCUT2D eigenvalue weighted by Gasteiger charge is 2.33. The summed E-state index contributed by atoms with van der Waals surface area (Å²) in [4.78, 5) is 1.92. The van der Waals surface area contributed by atoms with E-state index < -0.39 is 15.2 Å². The quantitative estimate of drug-likeness (QED) is 0.906. The van der Waals surface area contributed by atoms with Crippen molar-refractivity contribution in [1.29, 1.82) is 0 Å². The molecular formula is C14H21ClN2O2S2. The fraction of sp³-hybridized carbons (Fsp3) is 0.571. The van der Waals surface area contributed by atoms with Gasteiger partial charge in [0.1, 0.15) is 5.37 Å². The summed E-state index contributed by atoms with van der Waals surface area (Å²) < 4.78 is 24.6. The molecule has 21 heavy (non-hydrogen) atoms. The first-order chi connectivity index (χ1) is 9.86. The Morgan fingerprint density at radius 2 is 2.24 bits per heavy atom. The zero-order valence-corrected chi connectivity index (χ0v) is 14.6. The zero-order valence-electron chi connectivity index (χ0n) is 12.3. The maximum Gasteiger partial charge on any atom is 0.171 e. The fourth-order valence-corrected chi connectivity index (χ4v) is 5.67. The number of anilines is 1. The molecule has 0 saturated carbocycles. The molecule has 0 aliphatic carbocycles. The minimum absolute atomic E-state index is 0.0939. The van der Waals surface area contributed by atoms with Crippen molar-refractivity contribution in [3.63, 3.8) is 0 Å². The monoisotopic (exact) mass is 348 g/mol. The Morgan fingerprint density at radius 3 is 2.81 bits per heavy atom. The zero-order chi connectivity index (χ0) is 15.6. The highest BCUT2D eigenvalue weighted by molar-refractivity contribution is 8.01. The average Bonchev–Trinajstić information content (AvgIpc) is 2.47. The van der Waals surface area contributed by atoms with E-state index in [1.54, 1.807) is 18.7 Å². The van der Waals surface area contributed by atoms with Crippen molar-refractivity contribution < 1.29 is 8.42 Å². The molecule has 1 aliphatic heterocycles. The van der Waals surface area contributed by atoms with Crippen LogP contribution in [0.2, 0.25) is 5.02 Å². The third kappa shape index (κ3) is 3.67. The molecule has 7 heteroatoms. The van der Waals surface area contributed by atoms with Crippen molar-refractivity contribution in [2.75, 3.05) is 28.7 Å². The van der Waals surface area contributed by atoms with Gasteiger partial charge in [-0.3, -0.25) is 0 Å². The van der Waals surface area contributed by atoms with Crippen LogP contribution in [-0.4, -0.2) is 37.6 Å². The van der Waals surface area contributed by atoms with Gasteiger partial charge in [-0.25, -0.2) is 8.42 Å². The molecule has 1 aromatic carbocycles. The number of nitrogens with zero attached hydrogens (tertiary/aromatic N) is 1. The van der Waals surface area contributed by atoms with Crippen LogP contribution in [0.1, 0.15) is 25.5 Å². The molecule has 0 spiro atoms. The normalized spacial score (nSPS) is 21.3. The molecule has 0 radical (unpaired) electrons. The summed E-state index contributed by atoms with van der Waals surface area (Å²) in [7, 11) is -3.14. The van der Waals surface area contributed by atoms with Crippen LogP contribution in [0.25, 0.3) is 0 Å². The smallest absolute Gasteiger partial charge is 0.171 e. The fourth-order valence-electron chi connectivity index (χ4n) is 2.39. The molecule has 1 aliphatic rings. The van der Waals surface area contributed by atoms with E-state index in [0.717, 1.165) is 17.0 Å². The summed E-state index contributed by atoms with van der Waals surface area (Å²) in [5.41, 5.74) is 7.59. The van der Waals surface area contributed by atoms with Crippen molar-refractivity contribution in [2.24, 2.45) is 5.73 Å². The van der Waals surface area contributed by atoms with Gasteiger partial charge in [0.25, 0.3) is 0 Å². The lowest BCUT2D eigenvalue weighted by Gasteiger charge is -2.37. The lowest BCUT2D eigenvalue weighted by molar-refractivity contribution is 0.579. The van der Waals surface area contributed by atoms with Crippen molar-refractivity contribution in [3.8, 4) is 0 Å². The highest BCUT2D eigenvalue weighted by atomic mass is 35.5. The first-order valence-corrected chi connectivity index (χ1v) is 10.2. The first kappa shape index (κ1) is 16.9. The lowest BCUT2D eigenvalue weighted by Crippen LogP contribution is -2.48. The molecule has 1 aromatic rings. The summed E-state index contributed by atoms with van der Waals surface area (Å²) in [5, 5.41) is 0.0629. The van der Waals surface area contributed by atoms with E-state index in [0.29, 0.717) is 17.3 Å². The number of thioether (sulfide) groups is 1. The predicted molar refractivity (Wildman–Crippen MR) is 92.0 cm³/mol. The Morgan fingerprint density at radius 1 is 1.52 bits per heavy atom. The van der Waals surface area contributed by atoms with Gasteiger partial charge in [0.15, 0.2) is 9.84 Å². The third-order valence-electron chi connectivity index (χ3n) is 3.71. The van der Waals surface area contributed by atoms with E-state index in [1.807, 2.05) is 30.0 Å².